The van der Waals surface area contributed by atoms with Gasteiger partial charge in [0.2, 0.25) is 5.91 Å². The minimum atomic E-state index is -0.424. The zero-order chi connectivity index (χ0) is 13.0. The largest absolute Gasteiger partial charge is 0.366 e. The number of rotatable bonds is 1. The summed E-state index contributed by atoms with van der Waals surface area (Å²) in [5, 5.41) is 5.59. The predicted octanol–water partition coefficient (Wildman–Crippen LogP) is 3.08. The van der Waals surface area contributed by atoms with E-state index in [1.54, 1.807) is 6.07 Å². The molecular formula is C16H10N2O. The summed E-state index contributed by atoms with van der Waals surface area (Å²) in [6.45, 7) is 0. The van der Waals surface area contributed by atoms with Gasteiger partial charge in [0.05, 0.1) is 5.52 Å². The molecule has 0 aliphatic carbocycles. The molecule has 1 amide bonds. The van der Waals surface area contributed by atoms with Crippen molar-refractivity contribution in [3.05, 3.63) is 54.2 Å². The number of carbonyl (C=O) groups is 1. The second-order valence-corrected chi connectivity index (χ2v) is 4.73. The molecule has 0 saturated heterocycles. The molecule has 1 heterocycles. The van der Waals surface area contributed by atoms with Crippen molar-refractivity contribution in [1.29, 1.82) is 0 Å². The molecule has 0 aliphatic heterocycles. The van der Waals surface area contributed by atoms with Crippen LogP contribution < -0.4 is 5.73 Å². The van der Waals surface area contributed by atoms with Gasteiger partial charge in [-0.2, -0.15) is 0 Å². The maximum atomic E-state index is 11.4. The van der Waals surface area contributed by atoms with E-state index in [-0.39, 0.29) is 0 Å². The average Bonchev–Trinajstić information content (AvgIpc) is 2.44. The smallest absolute Gasteiger partial charge is 0.248 e. The van der Waals surface area contributed by atoms with E-state index in [1.165, 1.54) is 10.8 Å². The van der Waals surface area contributed by atoms with E-state index >= 15 is 0 Å². The van der Waals surface area contributed by atoms with E-state index in [0.717, 1.165) is 21.7 Å². The van der Waals surface area contributed by atoms with Crippen molar-refractivity contribution in [1.82, 2.24) is 4.98 Å². The van der Waals surface area contributed by atoms with Crippen LogP contribution in [0.15, 0.2) is 48.7 Å². The number of hydrogen-bond acceptors (Lipinski definition) is 2. The van der Waals surface area contributed by atoms with E-state index in [9.17, 15) is 4.79 Å². The van der Waals surface area contributed by atoms with Crippen molar-refractivity contribution in [3.63, 3.8) is 0 Å². The number of hydrogen-bond donors (Lipinski definition) is 1. The van der Waals surface area contributed by atoms with E-state index < -0.39 is 5.91 Å². The zero-order valence-electron chi connectivity index (χ0n) is 10.1. The first kappa shape index (κ1) is 10.3. The van der Waals surface area contributed by atoms with Crippen LogP contribution in [0.4, 0.5) is 0 Å². The second-order valence-electron chi connectivity index (χ2n) is 4.73. The molecule has 0 fully saturated rings. The summed E-state index contributed by atoms with van der Waals surface area (Å²) in [4.78, 5) is 15.8. The summed E-state index contributed by atoms with van der Waals surface area (Å²) < 4.78 is 0. The van der Waals surface area contributed by atoms with Crippen LogP contribution in [0.3, 0.4) is 0 Å². The Bertz CT molecular complexity index is 880. The highest BCUT2D eigenvalue weighted by Crippen LogP contribution is 2.33. The molecule has 90 valence electrons. The number of aromatic nitrogens is 1. The van der Waals surface area contributed by atoms with Crippen molar-refractivity contribution in [3.8, 4) is 0 Å². The number of amides is 1. The lowest BCUT2D eigenvalue weighted by molar-refractivity contribution is 0.100. The zero-order valence-corrected chi connectivity index (χ0v) is 10.1. The molecule has 1 aromatic heterocycles. The summed E-state index contributed by atoms with van der Waals surface area (Å²) in [6, 6.07) is 13.8. The lowest BCUT2D eigenvalue weighted by atomic mass is 9.96. The molecular weight excluding hydrogens is 236 g/mol. The number of benzene rings is 3. The third-order valence-corrected chi connectivity index (χ3v) is 3.60. The van der Waals surface area contributed by atoms with E-state index in [1.807, 2.05) is 24.4 Å². The molecule has 0 saturated carbocycles. The second kappa shape index (κ2) is 3.42. The van der Waals surface area contributed by atoms with Crippen molar-refractivity contribution in [2.24, 2.45) is 5.73 Å². The summed E-state index contributed by atoms with van der Waals surface area (Å²) in [5.74, 6) is -0.424. The highest BCUT2D eigenvalue weighted by molar-refractivity contribution is 6.22. The standard InChI is InChI=1S/C16H10N2O/c17-16(19)12-6-10-5-4-9-2-1-3-11-8-18-13(7-12)15(10)14(9)11/h1-8H,(H2,17,19). The molecule has 0 atom stereocenters. The van der Waals surface area contributed by atoms with Gasteiger partial charge in [0.15, 0.2) is 0 Å². The molecule has 0 aliphatic rings. The Morgan fingerprint density at radius 3 is 2.58 bits per heavy atom. The van der Waals surface area contributed by atoms with Gasteiger partial charge in [0, 0.05) is 27.9 Å². The van der Waals surface area contributed by atoms with E-state index in [0.29, 0.717) is 5.56 Å². The third kappa shape index (κ3) is 1.32. The molecule has 19 heavy (non-hydrogen) atoms. The van der Waals surface area contributed by atoms with Gasteiger partial charge in [-0.1, -0.05) is 30.3 Å². The van der Waals surface area contributed by atoms with Crippen LogP contribution >= 0.6 is 0 Å². The molecule has 0 spiro atoms. The van der Waals surface area contributed by atoms with Gasteiger partial charge < -0.3 is 5.73 Å². The number of nitrogens with zero attached hydrogens (tertiary/aromatic N) is 1. The Morgan fingerprint density at radius 1 is 0.947 bits per heavy atom. The van der Waals surface area contributed by atoms with Crippen molar-refractivity contribution in [2.45, 2.75) is 0 Å². The summed E-state index contributed by atoms with van der Waals surface area (Å²) in [5.41, 5.74) is 6.68. The SMILES string of the molecule is NC(=O)c1cc2ccc3cccc4cnc(c1)c2c34. The summed E-state index contributed by atoms with van der Waals surface area (Å²) in [6.07, 6.45) is 1.84. The van der Waals surface area contributed by atoms with Crippen LogP contribution in [-0.2, 0) is 0 Å². The minimum absolute atomic E-state index is 0.424. The predicted molar refractivity (Wildman–Crippen MR) is 76.5 cm³/mol. The lowest BCUT2D eigenvalue weighted by Crippen LogP contribution is -2.10. The lowest BCUT2D eigenvalue weighted by Gasteiger charge is -2.10. The fraction of sp³-hybridized carbons (Fsp3) is 0. The van der Waals surface area contributed by atoms with Gasteiger partial charge in [-0.25, -0.2) is 0 Å². The molecule has 4 rings (SSSR count). The van der Waals surface area contributed by atoms with Crippen LogP contribution in [-0.4, -0.2) is 10.9 Å². The number of nitrogens with two attached hydrogens (primary N) is 1. The summed E-state index contributed by atoms with van der Waals surface area (Å²) in [7, 11) is 0. The topological polar surface area (TPSA) is 56.0 Å². The van der Waals surface area contributed by atoms with Crippen LogP contribution in [0.5, 0.6) is 0 Å². The molecule has 0 radical (unpaired) electrons. The Kier molecular flexibility index (Phi) is 1.85. The minimum Gasteiger partial charge on any atom is -0.366 e. The first-order valence-electron chi connectivity index (χ1n) is 6.07. The summed E-state index contributed by atoms with van der Waals surface area (Å²) >= 11 is 0. The monoisotopic (exact) mass is 246 g/mol. The number of carbonyl (C=O) groups excluding carboxylic acids is 1. The molecule has 3 heteroatoms. The highest BCUT2D eigenvalue weighted by Gasteiger charge is 2.11. The van der Waals surface area contributed by atoms with Crippen molar-refractivity contribution in [2.75, 3.05) is 0 Å². The van der Waals surface area contributed by atoms with Gasteiger partial charge in [-0.3, -0.25) is 9.78 Å². The Morgan fingerprint density at radius 2 is 1.74 bits per heavy atom. The van der Waals surface area contributed by atoms with Crippen LogP contribution in [0.25, 0.3) is 32.4 Å². The Hall–Kier alpha value is -2.68. The molecule has 3 aromatic carbocycles. The highest BCUT2D eigenvalue weighted by atomic mass is 16.1. The molecule has 3 nitrogen and oxygen atoms in total. The van der Waals surface area contributed by atoms with Gasteiger partial charge in [-0.15, -0.1) is 0 Å². The van der Waals surface area contributed by atoms with Crippen molar-refractivity contribution < 1.29 is 4.79 Å². The molecule has 0 bridgehead atoms. The Balaban J connectivity index is 2.32. The van der Waals surface area contributed by atoms with Gasteiger partial charge in [0.25, 0.3) is 0 Å². The van der Waals surface area contributed by atoms with Gasteiger partial charge >= 0.3 is 0 Å². The normalized spacial score (nSPS) is 11.6. The van der Waals surface area contributed by atoms with E-state index in [2.05, 4.69) is 23.2 Å². The van der Waals surface area contributed by atoms with Gasteiger partial charge in [-0.05, 0) is 22.9 Å². The number of pyridine rings is 1. The maximum Gasteiger partial charge on any atom is 0.248 e. The van der Waals surface area contributed by atoms with Crippen LogP contribution in [0.1, 0.15) is 10.4 Å². The molecule has 4 aromatic rings. The molecule has 2 N–H and O–H groups in total. The molecule has 0 unspecified atom stereocenters. The van der Waals surface area contributed by atoms with Crippen LogP contribution in [0.2, 0.25) is 0 Å². The van der Waals surface area contributed by atoms with Gasteiger partial charge in [0.1, 0.15) is 0 Å². The van der Waals surface area contributed by atoms with E-state index in [4.69, 9.17) is 5.73 Å². The number of primary amides is 1. The average molecular weight is 246 g/mol. The van der Waals surface area contributed by atoms with Crippen LogP contribution in [0, 0.1) is 0 Å². The fourth-order valence-corrected chi connectivity index (χ4v) is 2.74. The first-order chi connectivity index (χ1) is 9.24. The Labute approximate surface area is 109 Å². The third-order valence-electron chi connectivity index (χ3n) is 3.60. The first-order valence-corrected chi connectivity index (χ1v) is 6.07. The maximum absolute atomic E-state index is 11.4. The van der Waals surface area contributed by atoms with Crippen molar-refractivity contribution >= 4 is 38.4 Å². The fourth-order valence-electron chi connectivity index (χ4n) is 2.74. The quantitative estimate of drug-likeness (QED) is 0.525.